The van der Waals surface area contributed by atoms with Gasteiger partial charge in [-0.05, 0) is 42.8 Å². The average molecular weight is 312 g/mol. The van der Waals surface area contributed by atoms with Crippen LogP contribution in [-0.4, -0.2) is 17.9 Å². The van der Waals surface area contributed by atoms with Crippen molar-refractivity contribution in [2.45, 2.75) is 13.0 Å². The van der Waals surface area contributed by atoms with Crippen LogP contribution in [0.3, 0.4) is 0 Å². The summed E-state index contributed by atoms with van der Waals surface area (Å²) < 4.78 is 12.8. The van der Waals surface area contributed by atoms with Crippen LogP contribution < -0.4 is 10.6 Å². The van der Waals surface area contributed by atoms with Crippen LogP contribution >= 0.6 is 0 Å². The summed E-state index contributed by atoms with van der Waals surface area (Å²) in [7, 11) is 0. The number of anilines is 1. The highest BCUT2D eigenvalue weighted by molar-refractivity contribution is 5.99. The number of amides is 2. The first-order valence-corrected chi connectivity index (χ1v) is 7.14. The van der Waals surface area contributed by atoms with Crippen molar-refractivity contribution in [3.8, 4) is 0 Å². The number of carbonyl (C=O) groups excluding carboxylic acids is 2. The van der Waals surface area contributed by atoms with E-state index in [0.29, 0.717) is 5.69 Å². The Labute approximate surface area is 134 Å². The Morgan fingerprint density at radius 2 is 1.70 bits per heavy atom. The second-order valence-corrected chi connectivity index (χ2v) is 4.97. The summed E-state index contributed by atoms with van der Waals surface area (Å²) in [6.07, 6.45) is 3.04. The maximum Gasteiger partial charge on any atom is 0.246 e. The first-order valence-electron chi connectivity index (χ1n) is 7.14. The van der Waals surface area contributed by atoms with Crippen LogP contribution in [0.4, 0.5) is 10.1 Å². The molecule has 2 N–H and O–H groups in total. The lowest BCUT2D eigenvalue weighted by atomic mass is 10.2. The van der Waals surface area contributed by atoms with E-state index in [1.807, 2.05) is 30.3 Å². The molecule has 0 aromatic heterocycles. The summed E-state index contributed by atoms with van der Waals surface area (Å²) >= 11 is 0. The Bertz CT molecular complexity index is 697. The van der Waals surface area contributed by atoms with Gasteiger partial charge in [-0.3, -0.25) is 9.59 Å². The molecule has 0 fully saturated rings. The predicted molar refractivity (Wildman–Crippen MR) is 88.1 cm³/mol. The van der Waals surface area contributed by atoms with Gasteiger partial charge in [-0.15, -0.1) is 0 Å². The fraction of sp³-hybridized carbons (Fsp3) is 0.111. The number of benzene rings is 2. The van der Waals surface area contributed by atoms with Gasteiger partial charge >= 0.3 is 0 Å². The van der Waals surface area contributed by atoms with Gasteiger partial charge in [0.15, 0.2) is 0 Å². The SMILES string of the molecule is CC(NC(=O)/C=C/c1ccccc1)C(=O)Nc1ccc(F)cc1. The molecule has 0 saturated carbocycles. The van der Waals surface area contributed by atoms with Gasteiger partial charge in [-0.2, -0.15) is 0 Å². The maximum atomic E-state index is 12.8. The molecule has 5 heteroatoms. The summed E-state index contributed by atoms with van der Waals surface area (Å²) in [6, 6.07) is 14.1. The normalized spacial score (nSPS) is 11.9. The van der Waals surface area contributed by atoms with Crippen LogP contribution in [0.5, 0.6) is 0 Å². The molecule has 0 aliphatic carbocycles. The minimum absolute atomic E-state index is 0.365. The molecule has 2 amide bonds. The van der Waals surface area contributed by atoms with Crippen molar-refractivity contribution in [1.82, 2.24) is 5.32 Å². The predicted octanol–water partition coefficient (Wildman–Crippen LogP) is 2.98. The third kappa shape index (κ3) is 5.39. The summed E-state index contributed by atoms with van der Waals surface area (Å²) in [4.78, 5) is 23.8. The van der Waals surface area contributed by atoms with E-state index in [1.165, 1.54) is 30.3 Å². The minimum Gasteiger partial charge on any atom is -0.341 e. The molecule has 0 saturated heterocycles. The van der Waals surface area contributed by atoms with E-state index in [2.05, 4.69) is 10.6 Å². The van der Waals surface area contributed by atoms with Gasteiger partial charge < -0.3 is 10.6 Å². The monoisotopic (exact) mass is 312 g/mol. The molecular formula is C18H17FN2O2. The number of halogens is 1. The lowest BCUT2D eigenvalue weighted by Crippen LogP contribution is -2.40. The van der Waals surface area contributed by atoms with Gasteiger partial charge in [0.25, 0.3) is 0 Å². The van der Waals surface area contributed by atoms with E-state index in [-0.39, 0.29) is 17.6 Å². The third-order valence-electron chi connectivity index (χ3n) is 3.09. The molecule has 118 valence electrons. The Balaban J connectivity index is 1.86. The minimum atomic E-state index is -0.715. The molecule has 2 rings (SSSR count). The number of carbonyl (C=O) groups is 2. The van der Waals surface area contributed by atoms with Crippen molar-refractivity contribution < 1.29 is 14.0 Å². The Kier molecular flexibility index (Phi) is 5.63. The van der Waals surface area contributed by atoms with Gasteiger partial charge in [0.05, 0.1) is 0 Å². The van der Waals surface area contributed by atoms with Crippen molar-refractivity contribution in [1.29, 1.82) is 0 Å². The third-order valence-corrected chi connectivity index (χ3v) is 3.09. The van der Waals surface area contributed by atoms with Crippen molar-refractivity contribution >= 4 is 23.6 Å². The van der Waals surface area contributed by atoms with Crippen molar-refractivity contribution in [2.75, 3.05) is 5.32 Å². The maximum absolute atomic E-state index is 12.8. The molecule has 0 aliphatic rings. The summed E-state index contributed by atoms with van der Waals surface area (Å²) in [5.41, 5.74) is 1.36. The van der Waals surface area contributed by atoms with E-state index in [4.69, 9.17) is 0 Å². The van der Waals surface area contributed by atoms with Gasteiger partial charge in [0, 0.05) is 11.8 Å². The first kappa shape index (κ1) is 16.4. The molecule has 0 heterocycles. The standard InChI is InChI=1S/C18H17FN2O2/c1-13(18(23)21-16-10-8-15(19)9-11-16)20-17(22)12-7-14-5-3-2-4-6-14/h2-13H,1H3,(H,20,22)(H,21,23)/b12-7+. The number of nitrogens with one attached hydrogen (secondary N) is 2. The molecule has 0 bridgehead atoms. The highest BCUT2D eigenvalue weighted by Crippen LogP contribution is 2.08. The number of rotatable bonds is 5. The lowest BCUT2D eigenvalue weighted by molar-refractivity contribution is -0.123. The van der Waals surface area contributed by atoms with Crippen molar-refractivity contribution in [3.63, 3.8) is 0 Å². The molecule has 23 heavy (non-hydrogen) atoms. The highest BCUT2D eigenvalue weighted by Gasteiger charge is 2.14. The fourth-order valence-electron chi connectivity index (χ4n) is 1.85. The van der Waals surface area contributed by atoms with Crippen LogP contribution in [0.25, 0.3) is 6.08 Å². The van der Waals surface area contributed by atoms with E-state index in [1.54, 1.807) is 13.0 Å². The van der Waals surface area contributed by atoms with Crippen molar-refractivity contribution in [2.24, 2.45) is 0 Å². The second kappa shape index (κ2) is 7.89. The molecule has 2 aromatic rings. The number of hydrogen-bond acceptors (Lipinski definition) is 2. The zero-order valence-electron chi connectivity index (χ0n) is 12.6. The molecule has 0 radical (unpaired) electrons. The summed E-state index contributed by atoms with van der Waals surface area (Å²) in [5, 5.41) is 5.17. The zero-order chi connectivity index (χ0) is 16.7. The van der Waals surface area contributed by atoms with Gasteiger partial charge in [0.2, 0.25) is 11.8 Å². The topological polar surface area (TPSA) is 58.2 Å². The largest absolute Gasteiger partial charge is 0.341 e. The first-order chi connectivity index (χ1) is 11.0. The van der Waals surface area contributed by atoms with Gasteiger partial charge in [-0.25, -0.2) is 4.39 Å². The zero-order valence-corrected chi connectivity index (χ0v) is 12.6. The molecule has 0 aliphatic heterocycles. The molecule has 1 unspecified atom stereocenters. The highest BCUT2D eigenvalue weighted by atomic mass is 19.1. The smallest absolute Gasteiger partial charge is 0.246 e. The fourth-order valence-corrected chi connectivity index (χ4v) is 1.85. The molecule has 0 spiro atoms. The molecular weight excluding hydrogens is 295 g/mol. The second-order valence-electron chi connectivity index (χ2n) is 4.97. The van der Waals surface area contributed by atoms with E-state index < -0.39 is 6.04 Å². The van der Waals surface area contributed by atoms with Gasteiger partial charge in [0.1, 0.15) is 11.9 Å². The summed E-state index contributed by atoms with van der Waals surface area (Å²) in [6.45, 7) is 1.58. The molecule has 2 aromatic carbocycles. The van der Waals surface area contributed by atoms with Crippen molar-refractivity contribution in [3.05, 3.63) is 72.1 Å². The van der Waals surface area contributed by atoms with Gasteiger partial charge in [-0.1, -0.05) is 30.3 Å². The number of hydrogen-bond donors (Lipinski definition) is 2. The van der Waals surface area contributed by atoms with E-state index in [0.717, 1.165) is 5.56 Å². The Hall–Kier alpha value is -2.95. The summed E-state index contributed by atoms with van der Waals surface area (Å²) in [5.74, 6) is -1.12. The van der Waals surface area contributed by atoms with Crippen LogP contribution in [0.1, 0.15) is 12.5 Å². The quantitative estimate of drug-likeness (QED) is 0.834. The Morgan fingerprint density at radius 3 is 2.35 bits per heavy atom. The Morgan fingerprint density at radius 1 is 1.04 bits per heavy atom. The van der Waals surface area contributed by atoms with Crippen LogP contribution in [-0.2, 0) is 9.59 Å². The average Bonchev–Trinajstić information content (AvgIpc) is 2.56. The van der Waals surface area contributed by atoms with E-state index >= 15 is 0 Å². The molecule has 1 atom stereocenters. The molecule has 4 nitrogen and oxygen atoms in total. The van der Waals surface area contributed by atoms with Crippen LogP contribution in [0.15, 0.2) is 60.7 Å². The van der Waals surface area contributed by atoms with Crippen LogP contribution in [0, 0.1) is 5.82 Å². The lowest BCUT2D eigenvalue weighted by Gasteiger charge is -2.13. The van der Waals surface area contributed by atoms with Crippen LogP contribution in [0.2, 0.25) is 0 Å². The van der Waals surface area contributed by atoms with E-state index in [9.17, 15) is 14.0 Å².